The maximum atomic E-state index is 12.7. The third-order valence-electron chi connectivity index (χ3n) is 3.19. The van der Waals surface area contributed by atoms with E-state index in [1.165, 1.54) is 22.7 Å². The van der Waals surface area contributed by atoms with Crippen LogP contribution in [0.4, 0.5) is 5.13 Å². The minimum atomic E-state index is -0.150. The molecule has 0 bridgehead atoms. The molecule has 6 heteroatoms. The van der Waals surface area contributed by atoms with Gasteiger partial charge in [-0.1, -0.05) is 36.4 Å². The van der Waals surface area contributed by atoms with Crippen LogP contribution in [0.25, 0.3) is 11.3 Å². The van der Waals surface area contributed by atoms with Gasteiger partial charge in [0.2, 0.25) is 0 Å². The summed E-state index contributed by atoms with van der Waals surface area (Å²) >= 11 is 2.91. The van der Waals surface area contributed by atoms with E-state index >= 15 is 0 Å². The Morgan fingerprint density at radius 2 is 2.00 bits per heavy atom. The van der Waals surface area contributed by atoms with Crippen molar-refractivity contribution >= 4 is 33.7 Å². The molecule has 0 saturated heterocycles. The van der Waals surface area contributed by atoms with Crippen LogP contribution in [0.5, 0.6) is 0 Å². The number of benzene rings is 1. The highest BCUT2D eigenvalue weighted by molar-refractivity contribution is 7.14. The van der Waals surface area contributed by atoms with Crippen molar-refractivity contribution < 1.29 is 4.79 Å². The van der Waals surface area contributed by atoms with Gasteiger partial charge >= 0.3 is 0 Å². The van der Waals surface area contributed by atoms with Crippen molar-refractivity contribution in [1.82, 2.24) is 9.97 Å². The lowest BCUT2D eigenvalue weighted by Crippen LogP contribution is -2.31. The first-order valence-corrected chi connectivity index (χ1v) is 8.81. The van der Waals surface area contributed by atoms with Gasteiger partial charge in [0.25, 0.3) is 5.91 Å². The summed E-state index contributed by atoms with van der Waals surface area (Å²) in [5.41, 5.74) is 2.35. The Labute approximate surface area is 142 Å². The van der Waals surface area contributed by atoms with Gasteiger partial charge in [-0.15, -0.1) is 29.3 Å². The highest BCUT2D eigenvalue weighted by Gasteiger charge is 2.21. The van der Waals surface area contributed by atoms with Gasteiger partial charge in [0.05, 0.1) is 10.7 Å². The molecule has 4 nitrogen and oxygen atoms in total. The zero-order valence-corrected chi connectivity index (χ0v) is 14.2. The van der Waals surface area contributed by atoms with E-state index in [2.05, 4.69) is 16.5 Å². The van der Waals surface area contributed by atoms with E-state index < -0.39 is 0 Å². The summed E-state index contributed by atoms with van der Waals surface area (Å²) < 4.78 is 0. The quantitative estimate of drug-likeness (QED) is 0.646. The molecular formula is C17H15N3OS2. The number of hydrogen-bond donors (Lipinski definition) is 0. The fourth-order valence-electron chi connectivity index (χ4n) is 2.11. The number of thiazole rings is 2. The molecule has 1 amide bonds. The molecule has 0 aliphatic heterocycles. The number of anilines is 1. The van der Waals surface area contributed by atoms with Crippen molar-refractivity contribution in [3.8, 4) is 11.3 Å². The zero-order chi connectivity index (χ0) is 16.2. The first kappa shape index (κ1) is 15.6. The fourth-order valence-corrected chi connectivity index (χ4v) is 3.53. The molecule has 3 rings (SSSR count). The molecule has 0 spiro atoms. The summed E-state index contributed by atoms with van der Waals surface area (Å²) in [5.74, 6) is -0.150. The number of nitrogens with zero attached hydrogens (tertiary/aromatic N) is 3. The topological polar surface area (TPSA) is 46.1 Å². The summed E-state index contributed by atoms with van der Waals surface area (Å²) in [6.45, 7) is 6.02. The van der Waals surface area contributed by atoms with E-state index in [9.17, 15) is 4.79 Å². The van der Waals surface area contributed by atoms with Gasteiger partial charge in [-0.25, -0.2) is 9.97 Å². The molecule has 3 aromatic rings. The second-order valence-electron chi connectivity index (χ2n) is 4.84. The predicted octanol–water partition coefficient (Wildman–Crippen LogP) is 4.41. The van der Waals surface area contributed by atoms with E-state index in [4.69, 9.17) is 0 Å². The molecule has 0 radical (unpaired) electrons. The van der Waals surface area contributed by atoms with Crippen molar-refractivity contribution in [3.63, 3.8) is 0 Å². The van der Waals surface area contributed by atoms with Gasteiger partial charge in [-0.2, -0.15) is 0 Å². The first-order valence-electron chi connectivity index (χ1n) is 7.05. The number of carbonyl (C=O) groups is 1. The van der Waals surface area contributed by atoms with Gasteiger partial charge in [-0.3, -0.25) is 9.69 Å². The van der Waals surface area contributed by atoms with Crippen LogP contribution in [0.2, 0.25) is 0 Å². The average Bonchev–Trinajstić information content (AvgIpc) is 3.22. The van der Waals surface area contributed by atoms with Crippen LogP contribution >= 0.6 is 22.7 Å². The Morgan fingerprint density at radius 3 is 2.65 bits per heavy atom. The van der Waals surface area contributed by atoms with Crippen molar-refractivity contribution in [1.29, 1.82) is 0 Å². The summed E-state index contributed by atoms with van der Waals surface area (Å²) in [6, 6.07) is 9.91. The van der Waals surface area contributed by atoms with E-state index in [-0.39, 0.29) is 5.91 Å². The van der Waals surface area contributed by atoms with Crippen molar-refractivity contribution in [3.05, 3.63) is 64.4 Å². The Kier molecular flexibility index (Phi) is 4.64. The molecule has 0 fully saturated rings. The number of aromatic nitrogens is 2. The van der Waals surface area contributed by atoms with Gasteiger partial charge in [0.1, 0.15) is 5.69 Å². The second-order valence-corrected chi connectivity index (χ2v) is 6.74. The minimum absolute atomic E-state index is 0.150. The fraction of sp³-hybridized carbons (Fsp3) is 0.118. The molecule has 2 aromatic heterocycles. The molecular weight excluding hydrogens is 326 g/mol. The lowest BCUT2D eigenvalue weighted by molar-refractivity contribution is 0.0985. The third kappa shape index (κ3) is 3.38. The van der Waals surface area contributed by atoms with Crippen LogP contribution in [0, 0.1) is 6.92 Å². The normalized spacial score (nSPS) is 10.5. The highest BCUT2D eigenvalue weighted by atomic mass is 32.1. The van der Waals surface area contributed by atoms with Crippen LogP contribution in [0.1, 0.15) is 15.5 Å². The number of amides is 1. The Bertz CT molecular complexity index is 823. The summed E-state index contributed by atoms with van der Waals surface area (Å²) in [6.07, 6.45) is 1.70. The molecule has 2 heterocycles. The van der Waals surface area contributed by atoms with Crippen molar-refractivity contribution in [2.75, 3.05) is 11.4 Å². The summed E-state index contributed by atoms with van der Waals surface area (Å²) in [5, 5.41) is 5.26. The maximum Gasteiger partial charge on any atom is 0.279 e. The Hall–Kier alpha value is -2.31. The van der Waals surface area contributed by atoms with E-state index in [1.54, 1.807) is 16.4 Å². The van der Waals surface area contributed by atoms with Crippen LogP contribution in [-0.4, -0.2) is 22.4 Å². The number of carbonyl (C=O) groups excluding carboxylic acids is 1. The number of rotatable bonds is 5. The summed E-state index contributed by atoms with van der Waals surface area (Å²) in [7, 11) is 0. The van der Waals surface area contributed by atoms with E-state index in [1.807, 2.05) is 42.6 Å². The monoisotopic (exact) mass is 341 g/mol. The molecule has 0 N–H and O–H groups in total. The average molecular weight is 341 g/mol. The Morgan fingerprint density at radius 1 is 1.22 bits per heavy atom. The lowest BCUT2D eigenvalue weighted by Gasteiger charge is -2.16. The van der Waals surface area contributed by atoms with E-state index in [0.29, 0.717) is 17.4 Å². The maximum absolute atomic E-state index is 12.7. The first-order chi connectivity index (χ1) is 11.2. The van der Waals surface area contributed by atoms with Gasteiger partial charge < -0.3 is 0 Å². The standard InChI is InChI=1S/C17H15N3OS2/c1-3-9-20(16(21)15-11-22-12(2)18-15)17-19-14(10-23-17)13-7-5-4-6-8-13/h3-8,10-11H,1,9H2,2H3. The molecule has 116 valence electrons. The molecule has 23 heavy (non-hydrogen) atoms. The van der Waals surface area contributed by atoms with Gasteiger partial charge in [-0.05, 0) is 6.92 Å². The largest absolute Gasteiger partial charge is 0.279 e. The van der Waals surface area contributed by atoms with Crippen molar-refractivity contribution in [2.45, 2.75) is 6.92 Å². The Balaban J connectivity index is 1.91. The minimum Gasteiger partial charge on any atom is -0.279 e. The smallest absolute Gasteiger partial charge is 0.279 e. The SMILES string of the molecule is C=CCN(C(=O)c1csc(C)n1)c1nc(-c2ccccc2)cs1. The number of aryl methyl sites for hydroxylation is 1. The van der Waals surface area contributed by atoms with Gasteiger partial charge in [0.15, 0.2) is 5.13 Å². The third-order valence-corrected chi connectivity index (χ3v) is 4.82. The molecule has 1 aromatic carbocycles. The zero-order valence-electron chi connectivity index (χ0n) is 12.6. The van der Waals surface area contributed by atoms with Crippen LogP contribution in [0.3, 0.4) is 0 Å². The second kappa shape index (κ2) is 6.85. The molecule has 0 aliphatic rings. The predicted molar refractivity (Wildman–Crippen MR) is 96.3 cm³/mol. The molecule has 0 atom stereocenters. The van der Waals surface area contributed by atoms with Crippen LogP contribution in [0.15, 0.2) is 53.7 Å². The molecule has 0 aliphatic carbocycles. The van der Waals surface area contributed by atoms with E-state index in [0.717, 1.165) is 16.3 Å². The summed E-state index contributed by atoms with van der Waals surface area (Å²) in [4.78, 5) is 23.2. The molecule has 0 unspecified atom stereocenters. The van der Waals surface area contributed by atoms with Crippen LogP contribution < -0.4 is 4.90 Å². The van der Waals surface area contributed by atoms with Crippen molar-refractivity contribution in [2.24, 2.45) is 0 Å². The molecule has 0 saturated carbocycles. The lowest BCUT2D eigenvalue weighted by atomic mass is 10.2. The number of hydrogen-bond acceptors (Lipinski definition) is 5. The highest BCUT2D eigenvalue weighted by Crippen LogP contribution is 2.28. The van der Waals surface area contributed by atoms with Crippen LogP contribution in [-0.2, 0) is 0 Å². The van der Waals surface area contributed by atoms with Gasteiger partial charge in [0, 0.05) is 22.9 Å².